The Labute approximate surface area is 163 Å². The van der Waals surface area contributed by atoms with Crippen molar-refractivity contribution in [2.24, 2.45) is 5.10 Å². The highest BCUT2D eigenvalue weighted by Crippen LogP contribution is 2.31. The second kappa shape index (κ2) is 9.21. The number of carbonyl (C=O) groups excluding carboxylic acids is 2. The van der Waals surface area contributed by atoms with E-state index in [1.807, 2.05) is 0 Å². The molecular weight excluding hydrogens is 426 g/mol. The zero-order valence-corrected chi connectivity index (χ0v) is 16.2. The molecule has 7 nitrogen and oxygen atoms in total. The van der Waals surface area contributed by atoms with Crippen LogP contribution in [-0.2, 0) is 9.59 Å². The standard InChI is InChI=1S/C17H15BrClN3O4/c1-25-14-8-15(26-2)13(18)6-10(14)9-20-22-17(24)16(23)21-12-5-3-4-11(19)7-12/h3-9H,1-2H3,(H,21,23)(H,22,24)/b20-9-. The number of nitrogens with one attached hydrogen (secondary N) is 2. The fourth-order valence-corrected chi connectivity index (χ4v) is 2.66. The smallest absolute Gasteiger partial charge is 0.329 e. The average Bonchev–Trinajstić information content (AvgIpc) is 2.61. The number of benzene rings is 2. The maximum Gasteiger partial charge on any atom is 0.329 e. The first-order valence-corrected chi connectivity index (χ1v) is 8.43. The van der Waals surface area contributed by atoms with Gasteiger partial charge in [-0.15, -0.1) is 0 Å². The van der Waals surface area contributed by atoms with Crippen LogP contribution in [0.25, 0.3) is 0 Å². The van der Waals surface area contributed by atoms with Crippen molar-refractivity contribution < 1.29 is 19.1 Å². The molecule has 0 aliphatic heterocycles. The van der Waals surface area contributed by atoms with Crippen LogP contribution in [0.2, 0.25) is 5.02 Å². The van der Waals surface area contributed by atoms with Gasteiger partial charge in [0.05, 0.1) is 24.9 Å². The largest absolute Gasteiger partial charge is 0.496 e. The number of anilines is 1. The van der Waals surface area contributed by atoms with Crippen LogP contribution in [0.1, 0.15) is 5.56 Å². The number of amides is 2. The number of nitrogens with zero attached hydrogens (tertiary/aromatic N) is 1. The average molecular weight is 441 g/mol. The van der Waals surface area contributed by atoms with Crippen LogP contribution in [-0.4, -0.2) is 32.2 Å². The molecule has 0 unspecified atom stereocenters. The Morgan fingerprint density at radius 3 is 2.50 bits per heavy atom. The Morgan fingerprint density at radius 1 is 1.12 bits per heavy atom. The summed E-state index contributed by atoms with van der Waals surface area (Å²) in [4.78, 5) is 23.7. The van der Waals surface area contributed by atoms with E-state index >= 15 is 0 Å². The van der Waals surface area contributed by atoms with E-state index in [-0.39, 0.29) is 0 Å². The molecule has 0 fully saturated rings. The summed E-state index contributed by atoms with van der Waals surface area (Å²) in [5.74, 6) is -0.713. The molecule has 9 heteroatoms. The van der Waals surface area contributed by atoms with Crippen LogP contribution in [0.3, 0.4) is 0 Å². The predicted octanol–water partition coefficient (Wildman–Crippen LogP) is 3.21. The lowest BCUT2D eigenvalue weighted by Gasteiger charge is -2.09. The molecule has 0 heterocycles. The lowest BCUT2D eigenvalue weighted by molar-refractivity contribution is -0.136. The molecule has 26 heavy (non-hydrogen) atoms. The van der Waals surface area contributed by atoms with Crippen LogP contribution in [0, 0.1) is 0 Å². The van der Waals surface area contributed by atoms with Gasteiger partial charge in [-0.2, -0.15) is 5.10 Å². The third kappa shape index (κ3) is 5.21. The first-order chi connectivity index (χ1) is 12.4. The lowest BCUT2D eigenvalue weighted by Crippen LogP contribution is -2.32. The van der Waals surface area contributed by atoms with Gasteiger partial charge in [0.25, 0.3) is 0 Å². The summed E-state index contributed by atoms with van der Waals surface area (Å²) < 4.78 is 11.1. The highest BCUT2D eigenvalue weighted by molar-refractivity contribution is 9.10. The number of halogens is 2. The number of methoxy groups -OCH3 is 2. The number of carbonyl (C=O) groups is 2. The number of hydrazone groups is 1. The molecule has 0 saturated heterocycles. The fourth-order valence-electron chi connectivity index (χ4n) is 1.95. The summed E-state index contributed by atoms with van der Waals surface area (Å²) in [7, 11) is 3.03. The molecule has 2 N–H and O–H groups in total. The fraction of sp³-hybridized carbons (Fsp3) is 0.118. The van der Waals surface area contributed by atoms with Gasteiger partial charge in [0, 0.05) is 22.3 Å². The minimum atomic E-state index is -0.923. The molecule has 0 aliphatic carbocycles. The van der Waals surface area contributed by atoms with Crippen molar-refractivity contribution in [2.45, 2.75) is 0 Å². The zero-order chi connectivity index (χ0) is 19.1. The molecule has 2 aromatic rings. The van der Waals surface area contributed by atoms with Crippen molar-refractivity contribution in [1.82, 2.24) is 5.43 Å². The number of rotatable bonds is 5. The number of hydrogen-bond donors (Lipinski definition) is 2. The first-order valence-electron chi connectivity index (χ1n) is 7.26. The highest BCUT2D eigenvalue weighted by Gasteiger charge is 2.13. The van der Waals surface area contributed by atoms with Crippen LogP contribution in [0.4, 0.5) is 5.69 Å². The van der Waals surface area contributed by atoms with Crippen LogP contribution >= 0.6 is 27.5 Å². The van der Waals surface area contributed by atoms with Gasteiger partial charge in [-0.3, -0.25) is 9.59 Å². The minimum Gasteiger partial charge on any atom is -0.496 e. The molecule has 0 saturated carbocycles. The first kappa shape index (κ1) is 19.7. The molecule has 2 rings (SSSR count). The van der Waals surface area contributed by atoms with Crippen molar-refractivity contribution in [3.8, 4) is 11.5 Å². The molecule has 0 aromatic heterocycles. The van der Waals surface area contributed by atoms with E-state index in [2.05, 4.69) is 31.8 Å². The van der Waals surface area contributed by atoms with Gasteiger partial charge in [-0.25, -0.2) is 5.43 Å². The van der Waals surface area contributed by atoms with Gasteiger partial charge in [-0.1, -0.05) is 17.7 Å². The molecule has 0 atom stereocenters. The third-order valence-corrected chi connectivity index (χ3v) is 4.02. The van der Waals surface area contributed by atoms with Gasteiger partial charge in [-0.05, 0) is 40.2 Å². The molecular formula is C17H15BrClN3O4. The van der Waals surface area contributed by atoms with E-state index in [9.17, 15) is 9.59 Å². The Morgan fingerprint density at radius 2 is 1.85 bits per heavy atom. The van der Waals surface area contributed by atoms with E-state index in [1.165, 1.54) is 26.5 Å². The Hall–Kier alpha value is -2.58. The molecule has 2 aromatic carbocycles. The van der Waals surface area contributed by atoms with E-state index in [4.69, 9.17) is 21.1 Å². The van der Waals surface area contributed by atoms with Gasteiger partial charge in [0.15, 0.2) is 0 Å². The molecule has 0 bridgehead atoms. The van der Waals surface area contributed by atoms with Crippen molar-refractivity contribution in [3.05, 3.63) is 51.5 Å². The van der Waals surface area contributed by atoms with Gasteiger partial charge >= 0.3 is 11.8 Å². The SMILES string of the molecule is COc1cc(OC)c(/C=N\NC(=O)C(=O)Nc2cccc(Cl)c2)cc1Br. The van der Waals surface area contributed by atoms with Gasteiger partial charge in [0.1, 0.15) is 11.5 Å². The van der Waals surface area contributed by atoms with Gasteiger partial charge < -0.3 is 14.8 Å². The van der Waals surface area contributed by atoms with Gasteiger partial charge in [0.2, 0.25) is 0 Å². The zero-order valence-electron chi connectivity index (χ0n) is 13.9. The number of ether oxygens (including phenoxy) is 2. The summed E-state index contributed by atoms with van der Waals surface area (Å²) in [5, 5.41) is 6.64. The van der Waals surface area contributed by atoms with Crippen LogP contribution in [0.5, 0.6) is 11.5 Å². The van der Waals surface area contributed by atoms with Crippen LogP contribution in [0.15, 0.2) is 46.0 Å². The van der Waals surface area contributed by atoms with Crippen molar-refractivity contribution in [1.29, 1.82) is 0 Å². The lowest BCUT2D eigenvalue weighted by atomic mass is 10.2. The van der Waals surface area contributed by atoms with Crippen molar-refractivity contribution in [2.75, 3.05) is 19.5 Å². The second-order valence-corrected chi connectivity index (χ2v) is 6.18. The highest BCUT2D eigenvalue weighted by atomic mass is 79.9. The Balaban J connectivity index is 2.02. The quantitative estimate of drug-likeness (QED) is 0.424. The Kier molecular flexibility index (Phi) is 6.99. The van der Waals surface area contributed by atoms with E-state index in [0.717, 1.165) is 0 Å². The topological polar surface area (TPSA) is 89.0 Å². The molecule has 136 valence electrons. The van der Waals surface area contributed by atoms with Crippen LogP contribution < -0.4 is 20.2 Å². The molecule has 2 amide bonds. The summed E-state index contributed by atoms with van der Waals surface area (Å²) in [6, 6.07) is 9.82. The monoisotopic (exact) mass is 439 g/mol. The normalized spacial score (nSPS) is 10.5. The Bertz CT molecular complexity index is 858. The molecule has 0 radical (unpaired) electrons. The third-order valence-electron chi connectivity index (χ3n) is 3.16. The molecule has 0 aliphatic rings. The predicted molar refractivity (Wildman–Crippen MR) is 103 cm³/mol. The maximum absolute atomic E-state index is 11.8. The van der Waals surface area contributed by atoms with Crippen molar-refractivity contribution in [3.63, 3.8) is 0 Å². The second-order valence-electron chi connectivity index (χ2n) is 4.89. The van der Waals surface area contributed by atoms with E-state index in [1.54, 1.807) is 30.3 Å². The maximum atomic E-state index is 11.8. The summed E-state index contributed by atoms with van der Waals surface area (Å²) >= 11 is 9.18. The molecule has 0 spiro atoms. The van der Waals surface area contributed by atoms with E-state index in [0.29, 0.717) is 32.2 Å². The summed E-state index contributed by atoms with van der Waals surface area (Å²) in [6.45, 7) is 0. The summed E-state index contributed by atoms with van der Waals surface area (Å²) in [6.07, 6.45) is 1.35. The van der Waals surface area contributed by atoms with Crippen molar-refractivity contribution >= 4 is 51.2 Å². The number of hydrogen-bond acceptors (Lipinski definition) is 5. The minimum absolute atomic E-state index is 0.405. The van der Waals surface area contributed by atoms with E-state index < -0.39 is 11.8 Å². The summed E-state index contributed by atoms with van der Waals surface area (Å²) in [5.41, 5.74) is 3.13.